The number of fused-ring (bicyclic) bond motifs is 1. The van der Waals surface area contributed by atoms with Crippen molar-refractivity contribution in [3.63, 3.8) is 0 Å². The van der Waals surface area contributed by atoms with Gasteiger partial charge in [0.25, 0.3) is 0 Å². The lowest BCUT2D eigenvalue weighted by molar-refractivity contribution is -0.122. The number of anilines is 2. The smallest absolute Gasteiger partial charge is 0.356 e. The van der Waals surface area contributed by atoms with Crippen molar-refractivity contribution in [1.29, 1.82) is 0 Å². The van der Waals surface area contributed by atoms with Crippen molar-refractivity contribution in [3.05, 3.63) is 83.7 Å². The molecule has 4 aromatic rings. The van der Waals surface area contributed by atoms with Gasteiger partial charge in [0.05, 0.1) is 24.7 Å². The molecule has 0 bridgehead atoms. The molecule has 3 heterocycles. The summed E-state index contributed by atoms with van der Waals surface area (Å²) in [4.78, 5) is 35.0. The zero-order valence-corrected chi connectivity index (χ0v) is 20.5. The molecule has 9 heteroatoms. The van der Waals surface area contributed by atoms with Crippen LogP contribution in [0.3, 0.4) is 0 Å². The molecule has 0 saturated heterocycles. The third-order valence-corrected chi connectivity index (χ3v) is 6.76. The number of nitrogens with one attached hydrogen (secondary N) is 2. The molecule has 0 radical (unpaired) electrons. The first-order chi connectivity index (χ1) is 18.0. The second-order valence-electron chi connectivity index (χ2n) is 9.10. The van der Waals surface area contributed by atoms with E-state index >= 15 is 0 Å². The molecule has 0 unspecified atom stereocenters. The van der Waals surface area contributed by atoms with Gasteiger partial charge < -0.3 is 19.9 Å². The number of carbonyl (C=O) groups is 2. The van der Waals surface area contributed by atoms with Crippen LogP contribution in [0, 0.1) is 11.7 Å². The Morgan fingerprint density at radius 1 is 1.14 bits per heavy atom. The number of pyridine rings is 2. The van der Waals surface area contributed by atoms with Gasteiger partial charge in [-0.1, -0.05) is 30.7 Å². The Balaban J connectivity index is 1.54. The Labute approximate surface area is 213 Å². The number of aromatic nitrogens is 3. The van der Waals surface area contributed by atoms with Gasteiger partial charge in [-0.2, -0.15) is 0 Å². The van der Waals surface area contributed by atoms with Crippen molar-refractivity contribution in [2.45, 2.75) is 38.8 Å². The maximum Gasteiger partial charge on any atom is 0.356 e. The van der Waals surface area contributed by atoms with Crippen molar-refractivity contribution in [3.8, 4) is 0 Å². The molecule has 5 rings (SSSR count). The predicted molar refractivity (Wildman–Crippen MR) is 139 cm³/mol. The minimum absolute atomic E-state index is 0.0762. The van der Waals surface area contributed by atoms with Crippen LogP contribution in [0.25, 0.3) is 11.0 Å². The van der Waals surface area contributed by atoms with E-state index in [1.54, 1.807) is 35.2 Å². The maximum atomic E-state index is 14.1. The van der Waals surface area contributed by atoms with E-state index in [0.29, 0.717) is 40.9 Å². The van der Waals surface area contributed by atoms with Gasteiger partial charge in [0.2, 0.25) is 5.91 Å². The molecule has 1 aromatic carbocycles. The summed E-state index contributed by atoms with van der Waals surface area (Å²) in [5, 5.41) is 6.80. The van der Waals surface area contributed by atoms with Crippen LogP contribution in [0.15, 0.2) is 60.9 Å². The lowest BCUT2D eigenvalue weighted by atomic mass is 9.85. The van der Waals surface area contributed by atoms with Gasteiger partial charge in [-0.3, -0.25) is 9.78 Å². The number of nitrogens with zero attached hydrogens (tertiary/aromatic N) is 3. The monoisotopic (exact) mass is 501 g/mol. The number of halogens is 1. The molecule has 1 saturated carbocycles. The molecule has 0 atom stereocenters. The second-order valence-corrected chi connectivity index (χ2v) is 9.10. The molecule has 1 aliphatic carbocycles. The second kappa shape index (κ2) is 10.8. The average molecular weight is 502 g/mol. The SMILES string of the molecule is COC(=O)c1c(NC(=O)C2CCC2)c2cc(NCc3ccccc3F)cnc2n1CCc1ccccn1. The Kier molecular flexibility index (Phi) is 7.11. The summed E-state index contributed by atoms with van der Waals surface area (Å²) in [6, 6.07) is 14.0. The van der Waals surface area contributed by atoms with Crippen molar-refractivity contribution in [2.24, 2.45) is 5.92 Å². The molecular weight excluding hydrogens is 473 g/mol. The van der Waals surface area contributed by atoms with Crippen LogP contribution >= 0.6 is 0 Å². The van der Waals surface area contributed by atoms with Gasteiger partial charge in [-0.05, 0) is 37.1 Å². The van der Waals surface area contributed by atoms with Gasteiger partial charge >= 0.3 is 5.97 Å². The molecule has 37 heavy (non-hydrogen) atoms. The molecule has 0 spiro atoms. The molecule has 2 N–H and O–H groups in total. The van der Waals surface area contributed by atoms with Gasteiger partial charge in [0.15, 0.2) is 5.69 Å². The van der Waals surface area contributed by atoms with Crippen LogP contribution in [-0.4, -0.2) is 33.5 Å². The fourth-order valence-corrected chi connectivity index (χ4v) is 4.48. The highest BCUT2D eigenvalue weighted by atomic mass is 19.1. The van der Waals surface area contributed by atoms with E-state index in [1.165, 1.54) is 13.2 Å². The topological polar surface area (TPSA) is 98.1 Å². The fraction of sp³-hybridized carbons (Fsp3) is 0.286. The highest BCUT2D eigenvalue weighted by Crippen LogP contribution is 2.35. The number of esters is 1. The number of aryl methyl sites for hydroxylation is 2. The zero-order valence-electron chi connectivity index (χ0n) is 20.5. The quantitative estimate of drug-likeness (QED) is 0.315. The summed E-state index contributed by atoms with van der Waals surface area (Å²) in [6.45, 7) is 0.667. The molecule has 8 nitrogen and oxygen atoms in total. The Bertz CT molecular complexity index is 1430. The molecule has 1 aliphatic rings. The zero-order chi connectivity index (χ0) is 25.8. The summed E-state index contributed by atoms with van der Waals surface area (Å²) in [5.74, 6) is -1.06. The minimum Gasteiger partial charge on any atom is -0.464 e. The fourth-order valence-electron chi connectivity index (χ4n) is 4.48. The van der Waals surface area contributed by atoms with Crippen LogP contribution in [0.5, 0.6) is 0 Å². The molecule has 1 amide bonds. The van der Waals surface area contributed by atoms with Gasteiger partial charge in [-0.25, -0.2) is 14.2 Å². The molecule has 1 fully saturated rings. The summed E-state index contributed by atoms with van der Waals surface area (Å²) in [7, 11) is 1.31. The van der Waals surface area contributed by atoms with E-state index < -0.39 is 5.97 Å². The van der Waals surface area contributed by atoms with Crippen LogP contribution in [0.4, 0.5) is 15.8 Å². The number of hydrogen-bond acceptors (Lipinski definition) is 6. The van der Waals surface area contributed by atoms with Crippen molar-refractivity contribution in [1.82, 2.24) is 14.5 Å². The molecule has 0 aliphatic heterocycles. The largest absolute Gasteiger partial charge is 0.464 e. The first-order valence-electron chi connectivity index (χ1n) is 12.3. The van der Waals surface area contributed by atoms with Crippen LogP contribution in [0.2, 0.25) is 0 Å². The lowest BCUT2D eigenvalue weighted by Gasteiger charge is -2.24. The van der Waals surface area contributed by atoms with E-state index in [0.717, 1.165) is 25.0 Å². The predicted octanol–water partition coefficient (Wildman–Crippen LogP) is 4.95. The first-order valence-corrected chi connectivity index (χ1v) is 12.3. The number of carbonyl (C=O) groups excluding carboxylic acids is 2. The highest BCUT2D eigenvalue weighted by Gasteiger charge is 2.30. The molecule has 190 valence electrons. The standard InChI is InChI=1S/C28H28FN5O3/c1-37-28(36)25-24(33-27(35)18-8-6-9-18)22-15-21(31-16-19-7-2-3-11-23(19)29)17-32-26(22)34(25)14-12-20-10-4-5-13-30-20/h2-5,7,10-11,13,15,17-18,31H,6,8-9,12,14,16H2,1H3,(H,33,35). The van der Waals surface area contributed by atoms with Crippen molar-refractivity contribution < 1.29 is 18.7 Å². The van der Waals surface area contributed by atoms with E-state index in [9.17, 15) is 14.0 Å². The van der Waals surface area contributed by atoms with Crippen LogP contribution < -0.4 is 10.6 Å². The number of hydrogen-bond donors (Lipinski definition) is 2. The highest BCUT2D eigenvalue weighted by molar-refractivity contribution is 6.11. The summed E-state index contributed by atoms with van der Waals surface area (Å²) in [6.07, 6.45) is 6.58. The third kappa shape index (κ3) is 5.16. The van der Waals surface area contributed by atoms with E-state index in [1.807, 2.05) is 24.3 Å². The van der Waals surface area contributed by atoms with Gasteiger partial charge in [0, 0.05) is 48.3 Å². The summed E-state index contributed by atoms with van der Waals surface area (Å²) < 4.78 is 21.0. The maximum absolute atomic E-state index is 14.1. The summed E-state index contributed by atoms with van der Waals surface area (Å²) >= 11 is 0. The van der Waals surface area contributed by atoms with Crippen LogP contribution in [-0.2, 0) is 29.0 Å². The first kappa shape index (κ1) is 24.4. The summed E-state index contributed by atoms with van der Waals surface area (Å²) in [5.41, 5.74) is 3.17. The number of ether oxygens (including phenoxy) is 1. The number of amides is 1. The van der Waals surface area contributed by atoms with Crippen molar-refractivity contribution in [2.75, 3.05) is 17.7 Å². The Morgan fingerprint density at radius 2 is 1.95 bits per heavy atom. The normalized spacial score (nSPS) is 13.2. The average Bonchev–Trinajstić information content (AvgIpc) is 3.18. The Hall–Kier alpha value is -4.27. The number of methoxy groups -OCH3 is 1. The number of benzene rings is 1. The van der Waals surface area contributed by atoms with Gasteiger partial charge in [0.1, 0.15) is 11.5 Å². The Morgan fingerprint density at radius 3 is 2.65 bits per heavy atom. The van der Waals surface area contributed by atoms with E-state index in [4.69, 9.17) is 4.74 Å². The van der Waals surface area contributed by atoms with Crippen molar-refractivity contribution >= 4 is 34.3 Å². The number of rotatable bonds is 9. The third-order valence-electron chi connectivity index (χ3n) is 6.76. The van der Waals surface area contributed by atoms with E-state index in [2.05, 4.69) is 20.6 Å². The van der Waals surface area contributed by atoms with E-state index in [-0.39, 0.29) is 29.9 Å². The van der Waals surface area contributed by atoms with Crippen LogP contribution in [0.1, 0.15) is 41.0 Å². The molecular formula is C28H28FN5O3. The lowest BCUT2D eigenvalue weighted by Crippen LogP contribution is -2.29. The molecule has 3 aromatic heterocycles. The minimum atomic E-state index is -0.566. The van der Waals surface area contributed by atoms with Gasteiger partial charge in [-0.15, -0.1) is 0 Å².